The fourth-order valence-corrected chi connectivity index (χ4v) is 1.07. The number of amides is 2. The van der Waals surface area contributed by atoms with Gasteiger partial charge in [0.2, 0.25) is 0 Å². The van der Waals surface area contributed by atoms with E-state index in [1.54, 1.807) is 31.2 Å². The number of benzene rings is 1. The molecule has 98 valence electrons. The van der Waals surface area contributed by atoms with Crippen LogP contribution in [0.4, 0.5) is 0 Å². The van der Waals surface area contributed by atoms with Crippen molar-refractivity contribution < 1.29 is 19.1 Å². The molecule has 0 spiro atoms. The topological polar surface area (TPSA) is 76.7 Å². The molecule has 2 N–H and O–H groups in total. The van der Waals surface area contributed by atoms with Gasteiger partial charge in [0, 0.05) is 6.61 Å². The van der Waals surface area contributed by atoms with Crippen LogP contribution in [0.5, 0.6) is 5.75 Å². The lowest BCUT2D eigenvalue weighted by Gasteiger charge is -2.08. The quantitative estimate of drug-likeness (QED) is 0.711. The van der Waals surface area contributed by atoms with Gasteiger partial charge in [0.1, 0.15) is 12.4 Å². The average Bonchev–Trinajstić information content (AvgIpc) is 2.41. The van der Waals surface area contributed by atoms with Crippen molar-refractivity contribution in [2.24, 2.45) is 0 Å². The van der Waals surface area contributed by atoms with Gasteiger partial charge in [0.15, 0.2) is 6.61 Å². The first kappa shape index (κ1) is 14.0. The highest BCUT2D eigenvalue weighted by Gasteiger charge is 2.05. The number of hydrogen-bond acceptors (Lipinski definition) is 4. The van der Waals surface area contributed by atoms with Crippen molar-refractivity contribution in [2.75, 3.05) is 19.8 Å². The maximum atomic E-state index is 11.3. The number of rotatable bonds is 6. The molecule has 0 aliphatic carbocycles. The van der Waals surface area contributed by atoms with Gasteiger partial charge >= 0.3 is 0 Å². The molecule has 0 unspecified atom stereocenters. The van der Waals surface area contributed by atoms with Gasteiger partial charge in [-0.15, -0.1) is 0 Å². The lowest BCUT2D eigenvalue weighted by Crippen LogP contribution is -2.45. The Morgan fingerprint density at radius 3 is 2.28 bits per heavy atom. The molecule has 0 heterocycles. The molecule has 0 bridgehead atoms. The summed E-state index contributed by atoms with van der Waals surface area (Å²) in [6, 6.07) is 8.93. The van der Waals surface area contributed by atoms with Crippen molar-refractivity contribution in [3.63, 3.8) is 0 Å². The van der Waals surface area contributed by atoms with Gasteiger partial charge in [-0.3, -0.25) is 20.4 Å². The second kappa shape index (κ2) is 8.08. The number of nitrogens with one attached hydrogen (secondary N) is 2. The lowest BCUT2D eigenvalue weighted by atomic mass is 10.3. The summed E-state index contributed by atoms with van der Waals surface area (Å²) in [7, 11) is 0. The van der Waals surface area contributed by atoms with Crippen molar-refractivity contribution >= 4 is 11.8 Å². The SMILES string of the molecule is CCOCC(=O)NNC(=O)COc1ccccc1. The lowest BCUT2D eigenvalue weighted by molar-refractivity contribution is -0.132. The zero-order valence-corrected chi connectivity index (χ0v) is 10.1. The Labute approximate surface area is 105 Å². The maximum absolute atomic E-state index is 11.3. The highest BCUT2D eigenvalue weighted by Crippen LogP contribution is 2.07. The molecule has 1 aromatic carbocycles. The minimum atomic E-state index is -0.441. The summed E-state index contributed by atoms with van der Waals surface area (Å²) >= 11 is 0. The molecule has 0 saturated carbocycles. The van der Waals surface area contributed by atoms with E-state index in [0.717, 1.165) is 0 Å². The van der Waals surface area contributed by atoms with E-state index >= 15 is 0 Å². The Hall–Kier alpha value is -2.08. The fourth-order valence-electron chi connectivity index (χ4n) is 1.07. The Balaban J connectivity index is 2.16. The Bertz CT molecular complexity index is 381. The molecule has 18 heavy (non-hydrogen) atoms. The standard InChI is InChI=1S/C12H16N2O4/c1-2-17-8-11(15)13-14-12(16)9-18-10-6-4-3-5-7-10/h3-7H,2,8-9H2,1H3,(H,13,15)(H,14,16). The number of ether oxygens (including phenoxy) is 2. The van der Waals surface area contributed by atoms with Crippen LogP contribution in [0.25, 0.3) is 0 Å². The molecule has 6 heteroatoms. The summed E-state index contributed by atoms with van der Waals surface area (Å²) in [6.45, 7) is 1.97. The minimum absolute atomic E-state index is 0.0870. The monoisotopic (exact) mass is 252 g/mol. The van der Waals surface area contributed by atoms with E-state index in [-0.39, 0.29) is 13.2 Å². The van der Waals surface area contributed by atoms with Crippen LogP contribution in [-0.2, 0) is 14.3 Å². The summed E-state index contributed by atoms with van der Waals surface area (Å²) in [4.78, 5) is 22.4. The van der Waals surface area contributed by atoms with E-state index in [1.165, 1.54) is 0 Å². The van der Waals surface area contributed by atoms with Crippen LogP contribution in [0.2, 0.25) is 0 Å². The minimum Gasteiger partial charge on any atom is -0.484 e. The molecule has 0 aromatic heterocycles. The first-order chi connectivity index (χ1) is 8.72. The highest BCUT2D eigenvalue weighted by atomic mass is 16.5. The molecular weight excluding hydrogens is 236 g/mol. The van der Waals surface area contributed by atoms with Crippen LogP contribution in [0, 0.1) is 0 Å². The second-order valence-electron chi connectivity index (χ2n) is 3.34. The van der Waals surface area contributed by atoms with Gasteiger partial charge in [-0.1, -0.05) is 18.2 Å². The van der Waals surface area contributed by atoms with Gasteiger partial charge in [0.05, 0.1) is 0 Å². The van der Waals surface area contributed by atoms with Crippen molar-refractivity contribution in [3.8, 4) is 5.75 Å². The van der Waals surface area contributed by atoms with Crippen LogP contribution in [-0.4, -0.2) is 31.6 Å². The molecule has 1 rings (SSSR count). The predicted octanol–water partition coefficient (Wildman–Crippen LogP) is 0.249. The molecule has 0 radical (unpaired) electrons. The summed E-state index contributed by atoms with van der Waals surface area (Å²) < 4.78 is 10.0. The van der Waals surface area contributed by atoms with Gasteiger partial charge in [-0.2, -0.15) is 0 Å². The smallest absolute Gasteiger partial charge is 0.276 e. The van der Waals surface area contributed by atoms with Crippen LogP contribution >= 0.6 is 0 Å². The van der Waals surface area contributed by atoms with Crippen molar-refractivity contribution in [2.45, 2.75) is 6.92 Å². The predicted molar refractivity (Wildman–Crippen MR) is 64.7 cm³/mol. The fraction of sp³-hybridized carbons (Fsp3) is 0.333. The van der Waals surface area contributed by atoms with Crippen molar-refractivity contribution in [1.29, 1.82) is 0 Å². The molecule has 0 aliphatic heterocycles. The second-order valence-corrected chi connectivity index (χ2v) is 3.34. The largest absolute Gasteiger partial charge is 0.484 e. The normalized spacial score (nSPS) is 9.61. The number of carbonyl (C=O) groups is 2. The molecular formula is C12H16N2O4. The third kappa shape index (κ3) is 5.86. The first-order valence-corrected chi connectivity index (χ1v) is 5.55. The summed E-state index contributed by atoms with van der Waals surface area (Å²) in [6.07, 6.45) is 0. The van der Waals surface area contributed by atoms with Crippen molar-refractivity contribution in [3.05, 3.63) is 30.3 Å². The first-order valence-electron chi connectivity index (χ1n) is 5.55. The third-order valence-electron chi connectivity index (χ3n) is 1.89. The summed E-state index contributed by atoms with van der Waals surface area (Å²) in [5, 5.41) is 0. The van der Waals surface area contributed by atoms with Crippen LogP contribution in [0.15, 0.2) is 30.3 Å². The van der Waals surface area contributed by atoms with Gasteiger partial charge in [-0.05, 0) is 19.1 Å². The van der Waals surface area contributed by atoms with E-state index in [0.29, 0.717) is 12.4 Å². The Morgan fingerprint density at radius 1 is 1.06 bits per heavy atom. The van der Waals surface area contributed by atoms with E-state index in [1.807, 2.05) is 6.07 Å². The zero-order valence-electron chi connectivity index (χ0n) is 10.1. The van der Waals surface area contributed by atoms with E-state index in [9.17, 15) is 9.59 Å². The van der Waals surface area contributed by atoms with Gasteiger partial charge in [-0.25, -0.2) is 0 Å². The van der Waals surface area contributed by atoms with Crippen LogP contribution in [0.3, 0.4) is 0 Å². The Morgan fingerprint density at radius 2 is 1.67 bits per heavy atom. The summed E-state index contributed by atoms with van der Waals surface area (Å²) in [5.74, 6) is -0.262. The van der Waals surface area contributed by atoms with Gasteiger partial charge < -0.3 is 9.47 Å². The maximum Gasteiger partial charge on any atom is 0.276 e. The number of hydrogen-bond donors (Lipinski definition) is 2. The number of hydrazine groups is 1. The molecule has 0 atom stereocenters. The zero-order chi connectivity index (χ0) is 13.2. The van der Waals surface area contributed by atoms with Crippen molar-refractivity contribution in [1.82, 2.24) is 10.9 Å². The highest BCUT2D eigenvalue weighted by molar-refractivity contribution is 5.83. The molecule has 1 aromatic rings. The van der Waals surface area contributed by atoms with E-state index in [2.05, 4.69) is 10.9 Å². The molecule has 6 nitrogen and oxygen atoms in total. The van der Waals surface area contributed by atoms with Gasteiger partial charge in [0.25, 0.3) is 11.8 Å². The molecule has 2 amide bonds. The van der Waals surface area contributed by atoms with Crippen LogP contribution < -0.4 is 15.6 Å². The molecule has 0 fully saturated rings. The van der Waals surface area contributed by atoms with E-state index in [4.69, 9.17) is 9.47 Å². The van der Waals surface area contributed by atoms with Crippen LogP contribution in [0.1, 0.15) is 6.92 Å². The van der Waals surface area contributed by atoms with E-state index < -0.39 is 11.8 Å². The molecule has 0 saturated heterocycles. The average molecular weight is 252 g/mol. The number of carbonyl (C=O) groups excluding carboxylic acids is 2. The molecule has 0 aliphatic rings. The Kier molecular flexibility index (Phi) is 6.27. The number of para-hydroxylation sites is 1. The third-order valence-corrected chi connectivity index (χ3v) is 1.89. The summed E-state index contributed by atoms with van der Waals surface area (Å²) in [5.41, 5.74) is 4.43.